The van der Waals surface area contributed by atoms with Gasteiger partial charge in [0, 0.05) is 33.1 Å². The zero-order valence-corrected chi connectivity index (χ0v) is 17.3. The number of aromatic nitrogens is 3. The van der Waals surface area contributed by atoms with Crippen molar-refractivity contribution in [3.05, 3.63) is 72.1 Å². The van der Waals surface area contributed by atoms with Crippen LogP contribution in [-0.2, 0) is 19.4 Å². The number of aryl methyl sites for hydroxylation is 1. The van der Waals surface area contributed by atoms with Gasteiger partial charge < -0.3 is 19.9 Å². The van der Waals surface area contributed by atoms with E-state index in [2.05, 4.69) is 32.7 Å². The number of rotatable bonds is 9. The molecule has 2 aromatic carbocycles. The molecule has 0 unspecified atom stereocenters. The van der Waals surface area contributed by atoms with Crippen molar-refractivity contribution in [1.29, 1.82) is 0 Å². The third-order valence-corrected chi connectivity index (χ3v) is 4.55. The van der Waals surface area contributed by atoms with E-state index in [0.29, 0.717) is 31.2 Å². The molecule has 0 radical (unpaired) electrons. The minimum atomic E-state index is -0.375. The predicted octanol–water partition coefficient (Wildman–Crippen LogP) is 3.18. The summed E-state index contributed by atoms with van der Waals surface area (Å²) in [6.07, 6.45) is 3.24. The maximum absolute atomic E-state index is 14.4. The average molecular weight is 410 g/mol. The highest BCUT2D eigenvalue weighted by molar-refractivity contribution is 5.79. The quantitative estimate of drug-likeness (QED) is 0.419. The summed E-state index contributed by atoms with van der Waals surface area (Å²) in [7, 11) is 1.72. The Balaban J connectivity index is 1.43. The van der Waals surface area contributed by atoms with E-state index in [-0.39, 0.29) is 11.6 Å². The van der Waals surface area contributed by atoms with Crippen molar-refractivity contribution in [3.8, 4) is 11.5 Å². The Hall–Kier alpha value is -3.42. The van der Waals surface area contributed by atoms with E-state index in [9.17, 15) is 4.39 Å². The Kier molecular flexibility index (Phi) is 7.77. The molecule has 1 heterocycles. The highest BCUT2D eigenvalue weighted by atomic mass is 19.1. The van der Waals surface area contributed by atoms with Gasteiger partial charge in [-0.25, -0.2) is 4.39 Å². The van der Waals surface area contributed by atoms with Crippen molar-refractivity contribution in [2.45, 2.75) is 26.3 Å². The van der Waals surface area contributed by atoms with Gasteiger partial charge in [-0.05, 0) is 36.2 Å². The second-order valence-electron chi connectivity index (χ2n) is 6.65. The first-order valence-corrected chi connectivity index (χ1v) is 10.0. The Morgan fingerprint density at radius 1 is 1.13 bits per heavy atom. The van der Waals surface area contributed by atoms with Gasteiger partial charge >= 0.3 is 0 Å². The zero-order chi connectivity index (χ0) is 21.2. The van der Waals surface area contributed by atoms with Crippen molar-refractivity contribution >= 4 is 5.96 Å². The third-order valence-electron chi connectivity index (χ3n) is 4.55. The van der Waals surface area contributed by atoms with Crippen LogP contribution >= 0.6 is 0 Å². The third kappa shape index (κ3) is 6.04. The Labute approximate surface area is 176 Å². The first-order chi connectivity index (χ1) is 14.7. The van der Waals surface area contributed by atoms with E-state index in [4.69, 9.17) is 4.74 Å². The molecule has 3 aromatic rings. The van der Waals surface area contributed by atoms with Gasteiger partial charge in [0.15, 0.2) is 17.5 Å². The zero-order valence-electron chi connectivity index (χ0n) is 17.3. The van der Waals surface area contributed by atoms with Gasteiger partial charge in [0.1, 0.15) is 17.9 Å². The summed E-state index contributed by atoms with van der Waals surface area (Å²) in [6.45, 7) is 4.14. The van der Waals surface area contributed by atoms with Crippen LogP contribution in [0.5, 0.6) is 11.5 Å². The molecule has 0 saturated carbocycles. The lowest BCUT2D eigenvalue weighted by Crippen LogP contribution is -2.39. The summed E-state index contributed by atoms with van der Waals surface area (Å²) in [5, 5.41) is 14.5. The lowest BCUT2D eigenvalue weighted by Gasteiger charge is -2.13. The highest BCUT2D eigenvalue weighted by Crippen LogP contribution is 2.24. The standard InChI is InChI=1S/C22H27FN6O/c1-3-21-28-27-16-29(21)14-13-26-22(24-2)25-12-11-17-9-10-20(19(23)15-17)30-18-7-5-4-6-8-18/h4-10,15-16H,3,11-14H2,1-2H3,(H2,24,25,26). The lowest BCUT2D eigenvalue weighted by atomic mass is 10.1. The molecule has 0 aliphatic carbocycles. The van der Waals surface area contributed by atoms with Gasteiger partial charge in [0.2, 0.25) is 0 Å². The summed E-state index contributed by atoms with van der Waals surface area (Å²) in [6, 6.07) is 14.2. The predicted molar refractivity (Wildman–Crippen MR) is 115 cm³/mol. The maximum atomic E-state index is 14.4. The number of benzene rings is 2. The largest absolute Gasteiger partial charge is 0.454 e. The van der Waals surface area contributed by atoms with Gasteiger partial charge in [-0.1, -0.05) is 31.2 Å². The summed E-state index contributed by atoms with van der Waals surface area (Å²) in [5.41, 5.74) is 0.882. The molecule has 0 spiro atoms. The Morgan fingerprint density at radius 3 is 2.67 bits per heavy atom. The number of para-hydroxylation sites is 1. The smallest absolute Gasteiger partial charge is 0.191 e. The monoisotopic (exact) mass is 410 g/mol. The molecule has 1 aromatic heterocycles. The van der Waals surface area contributed by atoms with E-state index >= 15 is 0 Å². The second kappa shape index (κ2) is 10.9. The van der Waals surface area contributed by atoms with Crippen LogP contribution in [0.2, 0.25) is 0 Å². The molecule has 30 heavy (non-hydrogen) atoms. The van der Waals surface area contributed by atoms with Crippen molar-refractivity contribution in [3.63, 3.8) is 0 Å². The number of ether oxygens (including phenoxy) is 1. The molecule has 0 atom stereocenters. The fraction of sp³-hybridized carbons (Fsp3) is 0.318. The van der Waals surface area contributed by atoms with Crippen molar-refractivity contribution in [2.75, 3.05) is 20.1 Å². The number of hydrogen-bond acceptors (Lipinski definition) is 4. The lowest BCUT2D eigenvalue weighted by molar-refractivity contribution is 0.441. The van der Waals surface area contributed by atoms with Crippen molar-refractivity contribution < 1.29 is 9.13 Å². The fourth-order valence-corrected chi connectivity index (χ4v) is 2.98. The van der Waals surface area contributed by atoms with E-state index in [1.807, 2.05) is 28.8 Å². The summed E-state index contributed by atoms with van der Waals surface area (Å²) in [5.74, 6) is 2.11. The normalized spacial score (nSPS) is 11.4. The Morgan fingerprint density at radius 2 is 1.93 bits per heavy atom. The molecule has 0 amide bonds. The number of hydrogen-bond donors (Lipinski definition) is 2. The van der Waals surface area contributed by atoms with E-state index in [1.165, 1.54) is 6.07 Å². The highest BCUT2D eigenvalue weighted by Gasteiger charge is 2.07. The van der Waals surface area contributed by atoms with Crippen molar-refractivity contribution in [1.82, 2.24) is 25.4 Å². The molecule has 0 fully saturated rings. The van der Waals surface area contributed by atoms with Crippen LogP contribution < -0.4 is 15.4 Å². The fourth-order valence-electron chi connectivity index (χ4n) is 2.98. The van der Waals surface area contributed by atoms with Crippen LogP contribution in [0.25, 0.3) is 0 Å². The molecule has 0 bridgehead atoms. The number of nitrogens with one attached hydrogen (secondary N) is 2. The van der Waals surface area contributed by atoms with Gasteiger partial charge in [-0.15, -0.1) is 10.2 Å². The number of nitrogens with zero attached hydrogens (tertiary/aromatic N) is 4. The van der Waals surface area contributed by atoms with Crippen molar-refractivity contribution in [2.24, 2.45) is 4.99 Å². The molecule has 8 heteroatoms. The topological polar surface area (TPSA) is 76.4 Å². The molecule has 0 aliphatic rings. The van der Waals surface area contributed by atoms with Gasteiger partial charge in [0.05, 0.1) is 0 Å². The van der Waals surface area contributed by atoms with Crippen LogP contribution in [0.1, 0.15) is 18.3 Å². The van der Waals surface area contributed by atoms with E-state index < -0.39 is 0 Å². The molecule has 3 rings (SSSR count). The van der Waals surface area contributed by atoms with Crippen LogP contribution in [0.3, 0.4) is 0 Å². The molecule has 2 N–H and O–H groups in total. The maximum Gasteiger partial charge on any atom is 0.191 e. The average Bonchev–Trinajstić information content (AvgIpc) is 3.22. The van der Waals surface area contributed by atoms with E-state index in [0.717, 1.165) is 24.4 Å². The van der Waals surface area contributed by atoms with Crippen LogP contribution in [0.4, 0.5) is 4.39 Å². The number of aliphatic imine (C=N–C) groups is 1. The Bertz CT molecular complexity index is 957. The SMILES string of the molecule is CCc1nncn1CCNC(=NC)NCCc1ccc(Oc2ccccc2)c(F)c1. The molecule has 0 saturated heterocycles. The number of guanidine groups is 1. The molecule has 0 aliphatic heterocycles. The second-order valence-corrected chi connectivity index (χ2v) is 6.65. The first-order valence-electron chi connectivity index (χ1n) is 10.0. The van der Waals surface area contributed by atoms with Crippen LogP contribution in [0.15, 0.2) is 59.9 Å². The van der Waals surface area contributed by atoms with Gasteiger partial charge in [-0.3, -0.25) is 4.99 Å². The van der Waals surface area contributed by atoms with Gasteiger partial charge in [0.25, 0.3) is 0 Å². The molecule has 7 nitrogen and oxygen atoms in total. The molecular formula is C22H27FN6O. The molecule has 158 valence electrons. The molecular weight excluding hydrogens is 383 g/mol. The summed E-state index contributed by atoms with van der Waals surface area (Å²) in [4.78, 5) is 4.22. The number of halogens is 1. The van der Waals surface area contributed by atoms with E-state index in [1.54, 1.807) is 31.6 Å². The van der Waals surface area contributed by atoms with Gasteiger partial charge in [-0.2, -0.15) is 0 Å². The minimum Gasteiger partial charge on any atom is -0.454 e. The minimum absolute atomic E-state index is 0.218. The summed E-state index contributed by atoms with van der Waals surface area (Å²) < 4.78 is 22.0. The first kappa shape index (κ1) is 21.3. The van der Waals surface area contributed by atoms with Crippen LogP contribution in [0, 0.1) is 5.82 Å². The summed E-state index contributed by atoms with van der Waals surface area (Å²) >= 11 is 0. The van der Waals surface area contributed by atoms with Crippen LogP contribution in [-0.4, -0.2) is 40.9 Å².